The normalized spacial score (nSPS) is 11.2. The molecule has 0 aliphatic rings. The summed E-state index contributed by atoms with van der Waals surface area (Å²) < 4.78 is 10.6. The Morgan fingerprint density at radius 3 is 2.17 bits per heavy atom. The van der Waals surface area contributed by atoms with Gasteiger partial charge in [0.1, 0.15) is 5.75 Å². The number of H-pyrrole nitrogens is 1. The van der Waals surface area contributed by atoms with Gasteiger partial charge in [0.15, 0.2) is 12.4 Å². The Bertz CT molecular complexity index is 901. The first kappa shape index (κ1) is 22.4. The number of nitrogens with one attached hydrogen (secondary N) is 1. The number of aromatic nitrogens is 1. The fraction of sp³-hybridized carbons (Fsp3) is 0.435. The van der Waals surface area contributed by atoms with Crippen LogP contribution in [0.3, 0.4) is 0 Å². The van der Waals surface area contributed by atoms with Gasteiger partial charge in [-0.15, -0.1) is 0 Å². The SMILES string of the molecule is CC(=O)c1c(C)[nH]c(C(=O)COC(=O)CCOc2ccc(C(C)(C)C)cc2)c1C. The summed E-state index contributed by atoms with van der Waals surface area (Å²) in [6.45, 7) is 11.1. The number of esters is 1. The van der Waals surface area contributed by atoms with Gasteiger partial charge in [-0.2, -0.15) is 0 Å². The molecule has 2 rings (SSSR count). The van der Waals surface area contributed by atoms with E-state index in [1.165, 1.54) is 12.5 Å². The molecule has 0 spiro atoms. The van der Waals surface area contributed by atoms with Crippen molar-refractivity contribution in [2.45, 2.75) is 53.4 Å². The summed E-state index contributed by atoms with van der Waals surface area (Å²) in [7, 11) is 0. The van der Waals surface area contributed by atoms with Crippen LogP contribution in [0.25, 0.3) is 0 Å². The number of hydrogen-bond acceptors (Lipinski definition) is 5. The Hall–Kier alpha value is -2.89. The maximum atomic E-state index is 12.3. The summed E-state index contributed by atoms with van der Waals surface area (Å²) in [5.74, 6) is -0.321. The Morgan fingerprint density at radius 1 is 1.03 bits per heavy atom. The minimum Gasteiger partial charge on any atom is -0.493 e. The molecule has 0 atom stereocenters. The van der Waals surface area contributed by atoms with Crippen molar-refractivity contribution >= 4 is 17.5 Å². The maximum Gasteiger partial charge on any atom is 0.309 e. The van der Waals surface area contributed by atoms with E-state index in [4.69, 9.17) is 9.47 Å². The number of Topliss-reactive ketones (excluding diaryl/α,β-unsaturated/α-hetero) is 2. The number of carbonyl (C=O) groups excluding carboxylic acids is 3. The molecule has 0 radical (unpaired) electrons. The third kappa shape index (κ3) is 5.79. The molecule has 6 nitrogen and oxygen atoms in total. The minimum atomic E-state index is -0.516. The molecule has 2 aromatic rings. The summed E-state index contributed by atoms with van der Waals surface area (Å²) in [5.41, 5.74) is 3.29. The number of aryl methyl sites for hydroxylation is 1. The van der Waals surface area contributed by atoms with Crippen LogP contribution in [0, 0.1) is 13.8 Å². The van der Waals surface area contributed by atoms with Gasteiger partial charge in [0.25, 0.3) is 0 Å². The van der Waals surface area contributed by atoms with Crippen molar-refractivity contribution < 1.29 is 23.9 Å². The molecule has 1 aromatic carbocycles. The number of ketones is 2. The van der Waals surface area contributed by atoms with Gasteiger partial charge in [-0.25, -0.2) is 0 Å². The third-order valence-electron chi connectivity index (χ3n) is 4.73. The Balaban J connectivity index is 1.81. The topological polar surface area (TPSA) is 85.5 Å². The van der Waals surface area contributed by atoms with Gasteiger partial charge in [-0.1, -0.05) is 32.9 Å². The van der Waals surface area contributed by atoms with Crippen molar-refractivity contribution in [3.63, 3.8) is 0 Å². The van der Waals surface area contributed by atoms with Crippen LogP contribution in [-0.4, -0.2) is 35.7 Å². The van der Waals surface area contributed by atoms with Crippen molar-refractivity contribution in [1.29, 1.82) is 0 Å². The molecule has 0 saturated heterocycles. The smallest absolute Gasteiger partial charge is 0.309 e. The van der Waals surface area contributed by atoms with Gasteiger partial charge in [-0.3, -0.25) is 14.4 Å². The van der Waals surface area contributed by atoms with Crippen LogP contribution in [0.1, 0.15) is 71.8 Å². The van der Waals surface area contributed by atoms with Crippen molar-refractivity contribution in [3.8, 4) is 5.75 Å². The summed E-state index contributed by atoms with van der Waals surface area (Å²) in [6.07, 6.45) is 0.0374. The van der Waals surface area contributed by atoms with E-state index in [9.17, 15) is 14.4 Å². The maximum absolute atomic E-state index is 12.3. The van der Waals surface area contributed by atoms with Gasteiger partial charge in [0.2, 0.25) is 5.78 Å². The molecule has 0 amide bonds. The molecule has 1 aromatic heterocycles. The second-order valence-electron chi connectivity index (χ2n) is 8.14. The Kier molecular flexibility index (Phi) is 7.01. The van der Waals surface area contributed by atoms with E-state index in [0.717, 1.165) is 0 Å². The Morgan fingerprint density at radius 2 is 1.66 bits per heavy atom. The average Bonchev–Trinajstić information content (AvgIpc) is 2.94. The highest BCUT2D eigenvalue weighted by molar-refractivity contribution is 6.04. The van der Waals surface area contributed by atoms with E-state index < -0.39 is 5.97 Å². The number of rotatable bonds is 8. The molecule has 0 aliphatic heterocycles. The van der Waals surface area contributed by atoms with Crippen LogP contribution in [-0.2, 0) is 14.9 Å². The fourth-order valence-electron chi connectivity index (χ4n) is 3.15. The quantitative estimate of drug-likeness (QED) is 0.528. The number of benzene rings is 1. The number of carbonyl (C=O) groups is 3. The van der Waals surface area contributed by atoms with Crippen LogP contribution in [0.5, 0.6) is 5.75 Å². The molecule has 6 heteroatoms. The lowest BCUT2D eigenvalue weighted by Crippen LogP contribution is -2.17. The van der Waals surface area contributed by atoms with Gasteiger partial charge in [-0.05, 0) is 49.4 Å². The van der Waals surface area contributed by atoms with E-state index in [0.29, 0.717) is 28.3 Å². The monoisotopic (exact) mass is 399 g/mol. The van der Waals surface area contributed by atoms with E-state index >= 15 is 0 Å². The number of hydrogen-bond donors (Lipinski definition) is 1. The highest BCUT2D eigenvalue weighted by Crippen LogP contribution is 2.24. The van der Waals surface area contributed by atoms with E-state index in [-0.39, 0.29) is 36.6 Å². The third-order valence-corrected chi connectivity index (χ3v) is 4.73. The molecule has 29 heavy (non-hydrogen) atoms. The predicted molar refractivity (Wildman–Crippen MR) is 111 cm³/mol. The Labute approximate surface area is 171 Å². The predicted octanol–water partition coefficient (Wildman–Crippen LogP) is 4.33. The summed E-state index contributed by atoms with van der Waals surface area (Å²) in [6, 6.07) is 7.75. The van der Waals surface area contributed by atoms with Gasteiger partial charge in [0.05, 0.1) is 18.7 Å². The molecule has 1 heterocycles. The zero-order chi connectivity index (χ0) is 21.8. The molecule has 0 unspecified atom stereocenters. The molecular weight excluding hydrogens is 370 g/mol. The molecule has 0 fully saturated rings. The highest BCUT2D eigenvalue weighted by Gasteiger charge is 2.20. The van der Waals surface area contributed by atoms with E-state index in [1.54, 1.807) is 13.8 Å². The second kappa shape index (κ2) is 9.07. The largest absolute Gasteiger partial charge is 0.493 e. The van der Waals surface area contributed by atoms with Crippen molar-refractivity contribution in [2.75, 3.05) is 13.2 Å². The number of ether oxygens (including phenoxy) is 2. The number of aromatic amines is 1. The summed E-state index contributed by atoms with van der Waals surface area (Å²) >= 11 is 0. The second-order valence-corrected chi connectivity index (χ2v) is 8.14. The van der Waals surface area contributed by atoms with Gasteiger partial charge in [0, 0.05) is 11.3 Å². The van der Waals surface area contributed by atoms with Crippen LogP contribution in [0.2, 0.25) is 0 Å². The average molecular weight is 399 g/mol. The van der Waals surface area contributed by atoms with Gasteiger partial charge < -0.3 is 14.5 Å². The van der Waals surface area contributed by atoms with E-state index in [1.807, 2.05) is 24.3 Å². The zero-order valence-electron chi connectivity index (χ0n) is 18.0. The first-order valence-electron chi connectivity index (χ1n) is 9.63. The first-order valence-corrected chi connectivity index (χ1v) is 9.63. The van der Waals surface area contributed by atoms with E-state index in [2.05, 4.69) is 25.8 Å². The van der Waals surface area contributed by atoms with Crippen molar-refractivity contribution in [1.82, 2.24) is 4.98 Å². The minimum absolute atomic E-state index is 0.0374. The molecule has 0 bridgehead atoms. The fourth-order valence-corrected chi connectivity index (χ4v) is 3.15. The zero-order valence-corrected chi connectivity index (χ0v) is 18.0. The highest BCUT2D eigenvalue weighted by atomic mass is 16.5. The lowest BCUT2D eigenvalue weighted by molar-refractivity contribution is -0.143. The summed E-state index contributed by atoms with van der Waals surface area (Å²) in [5, 5.41) is 0. The van der Waals surface area contributed by atoms with Crippen LogP contribution >= 0.6 is 0 Å². The molecule has 1 N–H and O–H groups in total. The lowest BCUT2D eigenvalue weighted by atomic mass is 9.87. The molecule has 0 aliphatic carbocycles. The molecular formula is C23H29NO5. The van der Waals surface area contributed by atoms with Crippen LogP contribution in [0.15, 0.2) is 24.3 Å². The van der Waals surface area contributed by atoms with Crippen molar-refractivity contribution in [2.24, 2.45) is 0 Å². The molecule has 156 valence electrons. The standard InChI is InChI=1S/C23H29NO5/c1-14-21(16(3)25)15(2)24-22(14)19(26)13-29-20(27)11-12-28-18-9-7-17(8-10-18)23(4,5)6/h7-10,24H,11-13H2,1-6H3. The lowest BCUT2D eigenvalue weighted by Gasteiger charge is -2.19. The van der Waals surface area contributed by atoms with Crippen LogP contribution < -0.4 is 4.74 Å². The molecule has 0 saturated carbocycles. The van der Waals surface area contributed by atoms with Crippen molar-refractivity contribution in [3.05, 3.63) is 52.3 Å². The van der Waals surface area contributed by atoms with Crippen LogP contribution in [0.4, 0.5) is 0 Å². The summed E-state index contributed by atoms with van der Waals surface area (Å²) in [4.78, 5) is 38.8. The van der Waals surface area contributed by atoms with Gasteiger partial charge >= 0.3 is 5.97 Å². The first-order chi connectivity index (χ1) is 13.5.